The highest BCUT2D eigenvalue weighted by Crippen LogP contribution is 2.39. The molecule has 6 aromatic rings. The van der Waals surface area contributed by atoms with Gasteiger partial charge in [-0.25, -0.2) is 4.98 Å². The Labute approximate surface area is 243 Å². The van der Waals surface area contributed by atoms with Gasteiger partial charge < -0.3 is 4.42 Å². The molecule has 6 rings (SSSR count). The Morgan fingerprint density at radius 3 is 2.12 bits per heavy atom. The summed E-state index contributed by atoms with van der Waals surface area (Å²) in [5.74, 6) is 1.59. The van der Waals surface area contributed by atoms with Gasteiger partial charge in [0.1, 0.15) is 5.58 Å². The Hall–Kier alpha value is -4.24. The molecule has 3 aromatic heterocycles. The van der Waals surface area contributed by atoms with Crippen molar-refractivity contribution in [3.05, 3.63) is 107 Å². The fraction of sp³-hybridized carbons (Fsp3) is 0.263. The molecule has 0 fully saturated rings. The quantitative estimate of drug-likeness (QED) is 0.212. The standard InChI is InChI=1S/C38H38N2O/c1-22(2)35(23(3)4)32-21-39-34(20-25(32)6)31-15-11-14-29-30-18-19-33(40-38(30)41-37(29)31)36-24(5)16-17-28(26(36)7)27-12-9-8-10-13-27/h8-23,35H,1-7H3. The summed E-state index contributed by atoms with van der Waals surface area (Å²) in [5.41, 5.74) is 13.0. The summed E-state index contributed by atoms with van der Waals surface area (Å²) in [6.07, 6.45) is 2.08. The third kappa shape index (κ3) is 4.74. The van der Waals surface area contributed by atoms with Crippen LogP contribution in [-0.2, 0) is 0 Å². The lowest BCUT2D eigenvalue weighted by Crippen LogP contribution is -2.15. The Balaban J connectivity index is 1.46. The summed E-state index contributed by atoms with van der Waals surface area (Å²) in [4.78, 5) is 10.0. The summed E-state index contributed by atoms with van der Waals surface area (Å²) in [6.45, 7) is 15.8. The van der Waals surface area contributed by atoms with Crippen LogP contribution in [0.2, 0.25) is 0 Å². The van der Waals surface area contributed by atoms with Gasteiger partial charge in [-0.1, -0.05) is 82.3 Å². The third-order valence-electron chi connectivity index (χ3n) is 8.60. The van der Waals surface area contributed by atoms with Gasteiger partial charge in [0.05, 0.1) is 11.4 Å². The number of nitrogens with zero attached hydrogens (tertiary/aromatic N) is 2. The number of fused-ring (bicyclic) bond motifs is 3. The van der Waals surface area contributed by atoms with E-state index in [1.807, 2.05) is 0 Å². The Morgan fingerprint density at radius 1 is 0.659 bits per heavy atom. The summed E-state index contributed by atoms with van der Waals surface area (Å²) in [6, 6.07) is 27.8. The average molecular weight is 539 g/mol. The molecule has 0 aliphatic carbocycles. The normalized spacial score (nSPS) is 12.0. The van der Waals surface area contributed by atoms with Crippen LogP contribution in [0.25, 0.3) is 55.7 Å². The number of hydrogen-bond acceptors (Lipinski definition) is 3. The van der Waals surface area contributed by atoms with E-state index in [0.29, 0.717) is 23.5 Å². The van der Waals surface area contributed by atoms with Gasteiger partial charge in [0, 0.05) is 28.1 Å². The van der Waals surface area contributed by atoms with Gasteiger partial charge in [0.15, 0.2) is 0 Å². The molecule has 0 atom stereocenters. The number of para-hydroxylation sites is 1. The van der Waals surface area contributed by atoms with Crippen LogP contribution < -0.4 is 0 Å². The number of aromatic nitrogens is 2. The molecule has 0 amide bonds. The van der Waals surface area contributed by atoms with Crippen LogP contribution in [0.15, 0.2) is 89.5 Å². The first-order chi connectivity index (χ1) is 19.7. The van der Waals surface area contributed by atoms with E-state index in [2.05, 4.69) is 134 Å². The molecule has 0 aliphatic heterocycles. The lowest BCUT2D eigenvalue weighted by atomic mass is 9.79. The number of pyridine rings is 2. The second-order valence-corrected chi connectivity index (χ2v) is 12.1. The van der Waals surface area contributed by atoms with Crippen molar-refractivity contribution in [2.24, 2.45) is 11.8 Å². The van der Waals surface area contributed by atoms with Gasteiger partial charge in [-0.05, 0) is 96.2 Å². The maximum absolute atomic E-state index is 6.54. The van der Waals surface area contributed by atoms with E-state index in [4.69, 9.17) is 14.4 Å². The molecule has 3 nitrogen and oxygen atoms in total. The van der Waals surface area contributed by atoms with E-state index >= 15 is 0 Å². The smallest absolute Gasteiger partial charge is 0.227 e. The third-order valence-corrected chi connectivity index (χ3v) is 8.60. The number of benzene rings is 3. The molecule has 0 radical (unpaired) electrons. The SMILES string of the molecule is Cc1cc(-c2cccc3c2oc2nc(-c4c(C)ccc(-c5ccccc5)c4C)ccc23)ncc1C(C(C)C)C(C)C. The van der Waals surface area contributed by atoms with Crippen molar-refractivity contribution >= 4 is 22.1 Å². The minimum atomic E-state index is 0.480. The minimum absolute atomic E-state index is 0.480. The second kappa shape index (κ2) is 10.6. The van der Waals surface area contributed by atoms with Crippen molar-refractivity contribution in [2.75, 3.05) is 0 Å². The first kappa shape index (κ1) is 27.0. The van der Waals surface area contributed by atoms with Gasteiger partial charge in [-0.3, -0.25) is 4.98 Å². The van der Waals surface area contributed by atoms with Crippen LogP contribution in [-0.4, -0.2) is 9.97 Å². The van der Waals surface area contributed by atoms with Gasteiger partial charge in [0.25, 0.3) is 0 Å². The number of hydrogen-bond donors (Lipinski definition) is 0. The van der Waals surface area contributed by atoms with E-state index < -0.39 is 0 Å². The van der Waals surface area contributed by atoms with E-state index in [1.54, 1.807) is 0 Å². The summed E-state index contributed by atoms with van der Waals surface area (Å²) in [5, 5.41) is 2.09. The predicted molar refractivity (Wildman–Crippen MR) is 172 cm³/mol. The van der Waals surface area contributed by atoms with Gasteiger partial charge in [0.2, 0.25) is 5.71 Å². The molecule has 3 aromatic carbocycles. The van der Waals surface area contributed by atoms with E-state index in [1.165, 1.54) is 33.4 Å². The summed E-state index contributed by atoms with van der Waals surface area (Å²) >= 11 is 0. The lowest BCUT2D eigenvalue weighted by Gasteiger charge is -2.26. The van der Waals surface area contributed by atoms with Crippen molar-refractivity contribution in [3.63, 3.8) is 0 Å². The monoisotopic (exact) mass is 538 g/mol. The molecule has 41 heavy (non-hydrogen) atoms. The van der Waals surface area contributed by atoms with Crippen LogP contribution in [0.1, 0.15) is 55.9 Å². The highest BCUT2D eigenvalue weighted by Gasteiger charge is 2.23. The number of furan rings is 1. The van der Waals surface area contributed by atoms with Crippen LogP contribution in [0.4, 0.5) is 0 Å². The molecule has 0 saturated heterocycles. The van der Waals surface area contributed by atoms with Crippen molar-refractivity contribution in [2.45, 2.75) is 54.4 Å². The molecule has 0 bridgehead atoms. The molecule has 0 spiro atoms. The molecule has 3 heteroatoms. The zero-order valence-electron chi connectivity index (χ0n) is 25.1. The van der Waals surface area contributed by atoms with Gasteiger partial charge in [-0.15, -0.1) is 0 Å². The average Bonchev–Trinajstić information content (AvgIpc) is 3.32. The van der Waals surface area contributed by atoms with Crippen LogP contribution in [0.3, 0.4) is 0 Å². The van der Waals surface area contributed by atoms with Crippen molar-refractivity contribution in [1.29, 1.82) is 0 Å². The fourth-order valence-electron chi connectivity index (χ4n) is 6.74. The maximum Gasteiger partial charge on any atom is 0.227 e. The van der Waals surface area contributed by atoms with Gasteiger partial charge >= 0.3 is 0 Å². The van der Waals surface area contributed by atoms with Crippen molar-refractivity contribution in [3.8, 4) is 33.6 Å². The first-order valence-corrected chi connectivity index (χ1v) is 14.7. The second-order valence-electron chi connectivity index (χ2n) is 12.1. The van der Waals surface area contributed by atoms with Crippen molar-refractivity contribution < 1.29 is 4.42 Å². The van der Waals surface area contributed by atoms with Crippen LogP contribution in [0, 0.1) is 32.6 Å². The molecule has 0 unspecified atom stereocenters. The first-order valence-electron chi connectivity index (χ1n) is 14.7. The van der Waals surface area contributed by atoms with Crippen molar-refractivity contribution in [1.82, 2.24) is 9.97 Å². The molecule has 206 valence electrons. The van der Waals surface area contributed by atoms with E-state index in [9.17, 15) is 0 Å². The van der Waals surface area contributed by atoms with Crippen LogP contribution in [0.5, 0.6) is 0 Å². The molecular formula is C38H38N2O. The highest BCUT2D eigenvalue weighted by atomic mass is 16.3. The molecular weight excluding hydrogens is 500 g/mol. The largest absolute Gasteiger partial charge is 0.437 e. The summed E-state index contributed by atoms with van der Waals surface area (Å²) in [7, 11) is 0. The topological polar surface area (TPSA) is 38.9 Å². The number of rotatable bonds is 6. The molecule has 0 saturated carbocycles. The zero-order valence-corrected chi connectivity index (χ0v) is 25.1. The predicted octanol–water partition coefficient (Wildman–Crippen LogP) is 10.7. The molecule has 3 heterocycles. The highest BCUT2D eigenvalue weighted by molar-refractivity contribution is 6.08. The van der Waals surface area contributed by atoms with Gasteiger partial charge in [-0.2, -0.15) is 0 Å². The molecule has 0 aliphatic rings. The summed E-state index contributed by atoms with van der Waals surface area (Å²) < 4.78 is 6.54. The molecule has 0 N–H and O–H groups in total. The lowest BCUT2D eigenvalue weighted by molar-refractivity contribution is 0.385. The maximum atomic E-state index is 6.54. The van der Waals surface area contributed by atoms with Crippen LogP contribution >= 0.6 is 0 Å². The zero-order chi connectivity index (χ0) is 28.8. The Morgan fingerprint density at radius 2 is 1.41 bits per heavy atom. The Bertz CT molecular complexity index is 1870. The Kier molecular flexibility index (Phi) is 6.99. The van der Waals surface area contributed by atoms with E-state index in [0.717, 1.165) is 38.9 Å². The number of aryl methyl sites for hydroxylation is 2. The fourth-order valence-corrected chi connectivity index (χ4v) is 6.74. The van der Waals surface area contributed by atoms with E-state index in [-0.39, 0.29) is 0 Å². The minimum Gasteiger partial charge on any atom is -0.437 e.